The first-order valence-corrected chi connectivity index (χ1v) is 9.00. The molecule has 0 amide bonds. The maximum atomic E-state index is 13.5. The van der Waals surface area contributed by atoms with Gasteiger partial charge in [-0.3, -0.25) is 0 Å². The number of rotatable bonds is 6. The van der Waals surface area contributed by atoms with Crippen LogP contribution < -0.4 is 9.47 Å². The highest BCUT2D eigenvalue weighted by atomic mass is 35.5. The SMILES string of the molecule is COc1cc(/C=C(/C#N)c2cccc(F)c2)cc(Cl)c1OCc1cccc(F)c1. The van der Waals surface area contributed by atoms with Gasteiger partial charge in [-0.25, -0.2) is 8.78 Å². The van der Waals surface area contributed by atoms with Crippen LogP contribution >= 0.6 is 11.6 Å². The number of hydrogen-bond donors (Lipinski definition) is 0. The molecule has 0 atom stereocenters. The Morgan fingerprint density at radius 1 is 1.07 bits per heavy atom. The third kappa shape index (κ3) is 5.13. The Morgan fingerprint density at radius 3 is 2.45 bits per heavy atom. The van der Waals surface area contributed by atoms with Gasteiger partial charge in [-0.05, 0) is 59.2 Å². The van der Waals surface area contributed by atoms with Gasteiger partial charge in [0.2, 0.25) is 0 Å². The van der Waals surface area contributed by atoms with Gasteiger partial charge in [0.05, 0.1) is 23.8 Å². The lowest BCUT2D eigenvalue weighted by Gasteiger charge is -2.14. The molecule has 3 rings (SSSR count). The van der Waals surface area contributed by atoms with Crippen molar-refractivity contribution >= 4 is 23.3 Å². The third-order valence-corrected chi connectivity index (χ3v) is 4.37. The van der Waals surface area contributed by atoms with Crippen LogP contribution in [0, 0.1) is 23.0 Å². The Morgan fingerprint density at radius 2 is 1.79 bits per heavy atom. The van der Waals surface area contributed by atoms with Crippen LogP contribution in [0.15, 0.2) is 60.7 Å². The van der Waals surface area contributed by atoms with Crippen LogP contribution in [0.2, 0.25) is 5.02 Å². The summed E-state index contributed by atoms with van der Waals surface area (Å²) in [4.78, 5) is 0. The van der Waals surface area contributed by atoms with Crippen molar-refractivity contribution < 1.29 is 18.3 Å². The molecule has 6 heteroatoms. The van der Waals surface area contributed by atoms with E-state index in [0.717, 1.165) is 0 Å². The maximum absolute atomic E-state index is 13.5. The average molecular weight is 412 g/mol. The Labute approximate surface area is 172 Å². The molecule has 0 spiro atoms. The molecule has 0 heterocycles. The molecule has 0 aromatic heterocycles. The Balaban J connectivity index is 1.90. The third-order valence-electron chi connectivity index (χ3n) is 4.09. The summed E-state index contributed by atoms with van der Waals surface area (Å²) >= 11 is 6.36. The van der Waals surface area contributed by atoms with E-state index in [2.05, 4.69) is 6.07 Å². The minimum absolute atomic E-state index is 0.107. The molecule has 0 N–H and O–H groups in total. The molecule has 0 aliphatic rings. The second-order valence-corrected chi connectivity index (χ2v) is 6.54. The zero-order valence-corrected chi connectivity index (χ0v) is 16.2. The summed E-state index contributed by atoms with van der Waals surface area (Å²) in [7, 11) is 1.46. The molecule has 0 aliphatic heterocycles. The van der Waals surface area contributed by atoms with Gasteiger partial charge < -0.3 is 9.47 Å². The molecule has 0 bridgehead atoms. The van der Waals surface area contributed by atoms with Gasteiger partial charge in [-0.2, -0.15) is 5.26 Å². The van der Waals surface area contributed by atoms with Crippen LogP contribution in [-0.2, 0) is 6.61 Å². The van der Waals surface area contributed by atoms with Crippen molar-refractivity contribution in [1.82, 2.24) is 0 Å². The van der Waals surface area contributed by atoms with Gasteiger partial charge in [0.25, 0.3) is 0 Å². The number of methoxy groups -OCH3 is 1. The van der Waals surface area contributed by atoms with Gasteiger partial charge >= 0.3 is 0 Å². The number of benzene rings is 3. The van der Waals surface area contributed by atoms with E-state index in [9.17, 15) is 14.0 Å². The molecule has 0 fully saturated rings. The van der Waals surface area contributed by atoms with Crippen molar-refractivity contribution in [2.45, 2.75) is 6.61 Å². The molecule has 29 heavy (non-hydrogen) atoms. The fourth-order valence-corrected chi connectivity index (χ4v) is 3.02. The van der Waals surface area contributed by atoms with Crippen molar-refractivity contribution in [3.8, 4) is 17.6 Å². The van der Waals surface area contributed by atoms with Gasteiger partial charge in [0.1, 0.15) is 18.2 Å². The standard InChI is InChI=1S/C23H16ClF2NO2/c1-28-22-11-16(8-18(13-27)17-5-3-7-20(26)12-17)10-21(24)23(22)29-14-15-4-2-6-19(25)9-15/h2-12H,14H2,1H3/b18-8-. The molecule has 3 aromatic carbocycles. The van der Waals surface area contributed by atoms with E-state index < -0.39 is 5.82 Å². The number of nitrogens with zero attached hydrogens (tertiary/aromatic N) is 1. The number of halogens is 3. The minimum atomic E-state index is -0.430. The first kappa shape index (κ1) is 20.4. The van der Waals surface area contributed by atoms with E-state index >= 15 is 0 Å². The number of nitriles is 1. The van der Waals surface area contributed by atoms with Crippen LogP contribution in [0.3, 0.4) is 0 Å². The predicted octanol–water partition coefficient (Wildman–Crippen LogP) is 6.27. The largest absolute Gasteiger partial charge is 0.493 e. The summed E-state index contributed by atoms with van der Waals surface area (Å²) in [6.45, 7) is 0.107. The highest BCUT2D eigenvalue weighted by Crippen LogP contribution is 2.38. The molecule has 3 aromatic rings. The molecule has 0 unspecified atom stereocenters. The molecule has 0 saturated carbocycles. The smallest absolute Gasteiger partial charge is 0.180 e. The Bertz CT molecular complexity index is 1110. The highest BCUT2D eigenvalue weighted by molar-refractivity contribution is 6.32. The number of hydrogen-bond acceptors (Lipinski definition) is 3. The summed E-state index contributed by atoms with van der Waals surface area (Å²) in [6, 6.07) is 17.2. The first-order valence-electron chi connectivity index (χ1n) is 8.62. The Hall–Kier alpha value is -3.36. The van der Waals surface area contributed by atoms with Gasteiger partial charge in [-0.15, -0.1) is 0 Å². The molecule has 0 saturated heterocycles. The van der Waals surface area contributed by atoms with E-state index in [0.29, 0.717) is 28.2 Å². The highest BCUT2D eigenvalue weighted by Gasteiger charge is 2.13. The number of ether oxygens (including phenoxy) is 2. The second-order valence-electron chi connectivity index (χ2n) is 6.13. The lowest BCUT2D eigenvalue weighted by atomic mass is 10.0. The molecule has 0 radical (unpaired) electrons. The fraction of sp³-hybridized carbons (Fsp3) is 0.0870. The monoisotopic (exact) mass is 411 g/mol. The lowest BCUT2D eigenvalue weighted by molar-refractivity contribution is 0.284. The molecular weight excluding hydrogens is 396 g/mol. The van der Waals surface area contributed by atoms with E-state index in [1.54, 1.807) is 36.4 Å². The second kappa shape index (κ2) is 9.22. The van der Waals surface area contributed by atoms with Crippen molar-refractivity contribution in [2.75, 3.05) is 7.11 Å². The van der Waals surface area contributed by atoms with Crippen molar-refractivity contribution in [3.05, 3.63) is 94.0 Å². The maximum Gasteiger partial charge on any atom is 0.180 e. The minimum Gasteiger partial charge on any atom is -0.493 e. The quantitative estimate of drug-likeness (QED) is 0.354. The van der Waals surface area contributed by atoms with Crippen molar-refractivity contribution in [1.29, 1.82) is 5.26 Å². The summed E-state index contributed by atoms with van der Waals surface area (Å²) in [6.07, 6.45) is 1.58. The predicted molar refractivity (Wildman–Crippen MR) is 109 cm³/mol. The van der Waals surface area contributed by atoms with Crippen LogP contribution in [0.1, 0.15) is 16.7 Å². The normalized spacial score (nSPS) is 11.1. The summed E-state index contributed by atoms with van der Waals surface area (Å²) in [5.74, 6) is -0.122. The van der Waals surface area contributed by atoms with Crippen molar-refractivity contribution in [3.63, 3.8) is 0 Å². The van der Waals surface area contributed by atoms with Gasteiger partial charge in [0, 0.05) is 0 Å². The van der Waals surface area contributed by atoms with Crippen LogP contribution in [0.5, 0.6) is 11.5 Å². The molecule has 0 aliphatic carbocycles. The van der Waals surface area contributed by atoms with Crippen molar-refractivity contribution in [2.24, 2.45) is 0 Å². The van der Waals surface area contributed by atoms with Crippen LogP contribution in [0.25, 0.3) is 11.6 Å². The Kier molecular flexibility index (Phi) is 6.48. The van der Waals surface area contributed by atoms with E-state index in [-0.39, 0.29) is 23.0 Å². The molecule has 146 valence electrons. The molecule has 3 nitrogen and oxygen atoms in total. The van der Waals surface area contributed by atoms with Crippen LogP contribution in [-0.4, -0.2) is 7.11 Å². The van der Waals surface area contributed by atoms with E-state index in [1.165, 1.54) is 37.4 Å². The zero-order chi connectivity index (χ0) is 20.8. The summed E-state index contributed by atoms with van der Waals surface area (Å²) < 4.78 is 37.9. The van der Waals surface area contributed by atoms with E-state index in [4.69, 9.17) is 21.1 Å². The fourth-order valence-electron chi connectivity index (χ4n) is 2.75. The topological polar surface area (TPSA) is 42.2 Å². The summed E-state index contributed by atoms with van der Waals surface area (Å²) in [5, 5.41) is 9.72. The zero-order valence-electron chi connectivity index (χ0n) is 15.5. The van der Waals surface area contributed by atoms with E-state index in [1.807, 2.05) is 0 Å². The van der Waals surface area contributed by atoms with Gasteiger partial charge in [0.15, 0.2) is 11.5 Å². The average Bonchev–Trinajstić information content (AvgIpc) is 2.71. The lowest BCUT2D eigenvalue weighted by Crippen LogP contribution is -1.99. The summed E-state index contributed by atoms with van der Waals surface area (Å²) in [5.41, 5.74) is 1.96. The first-order chi connectivity index (χ1) is 14.0. The van der Waals surface area contributed by atoms with Gasteiger partial charge in [-0.1, -0.05) is 35.9 Å². The molecular formula is C23H16ClF2NO2. The number of allylic oxidation sites excluding steroid dienone is 1. The van der Waals surface area contributed by atoms with Crippen LogP contribution in [0.4, 0.5) is 8.78 Å².